The number of halogens is 1. The summed E-state index contributed by atoms with van der Waals surface area (Å²) in [6.07, 6.45) is 0.301. The minimum absolute atomic E-state index is 0.210. The molecule has 1 atom stereocenters. The van der Waals surface area contributed by atoms with Crippen LogP contribution in [-0.4, -0.2) is 12.0 Å². The molecule has 0 fully saturated rings. The van der Waals surface area contributed by atoms with E-state index in [9.17, 15) is 4.79 Å². The monoisotopic (exact) mass is 342 g/mol. The molecule has 0 heterocycles. The Morgan fingerprint density at radius 2 is 2.00 bits per heavy atom. The third-order valence-corrected chi connectivity index (χ3v) is 4.00. The van der Waals surface area contributed by atoms with Crippen molar-refractivity contribution in [2.75, 3.05) is 5.32 Å². The average Bonchev–Trinajstić information content (AvgIpc) is 2.57. The minimum Gasteiger partial charge on any atom is -0.481 e. The third kappa shape index (κ3) is 4.74. The molecule has 0 saturated carbocycles. The first-order valence-electron chi connectivity index (χ1n) is 7.73. The van der Waals surface area contributed by atoms with Gasteiger partial charge in [0.25, 0.3) is 5.91 Å². The fraction of sp³-hybridized carbons (Fsp3) is 0.263. The van der Waals surface area contributed by atoms with Gasteiger partial charge in [0.05, 0.1) is 12.5 Å². The molecule has 0 aliphatic rings. The van der Waals surface area contributed by atoms with Crippen LogP contribution in [0.25, 0.3) is 0 Å². The van der Waals surface area contributed by atoms with Gasteiger partial charge in [0.15, 0.2) is 6.10 Å². The molecule has 0 spiro atoms. The number of ether oxygens (including phenoxy) is 1. The van der Waals surface area contributed by atoms with E-state index in [1.165, 1.54) is 0 Å². The van der Waals surface area contributed by atoms with Gasteiger partial charge in [-0.15, -0.1) is 0 Å². The van der Waals surface area contributed by atoms with Crippen molar-refractivity contribution >= 4 is 23.2 Å². The first-order chi connectivity index (χ1) is 11.5. The van der Waals surface area contributed by atoms with Gasteiger partial charge in [0, 0.05) is 10.7 Å². The molecule has 0 aliphatic heterocycles. The summed E-state index contributed by atoms with van der Waals surface area (Å²) in [5.41, 5.74) is 2.49. The number of anilines is 1. The second-order valence-corrected chi connectivity index (χ2v) is 5.85. The molecule has 5 heteroatoms. The van der Waals surface area contributed by atoms with Crippen LogP contribution in [0.4, 0.5) is 5.69 Å². The van der Waals surface area contributed by atoms with Crippen LogP contribution in [0, 0.1) is 18.3 Å². The van der Waals surface area contributed by atoms with Crippen LogP contribution in [0.2, 0.25) is 5.02 Å². The molecule has 2 aromatic rings. The highest BCUT2D eigenvalue weighted by Crippen LogP contribution is 2.22. The van der Waals surface area contributed by atoms with Crippen LogP contribution >= 0.6 is 11.6 Å². The number of amides is 1. The lowest BCUT2D eigenvalue weighted by Crippen LogP contribution is -2.32. The van der Waals surface area contributed by atoms with E-state index in [1.54, 1.807) is 24.3 Å². The molecule has 0 bridgehead atoms. The zero-order valence-corrected chi connectivity index (χ0v) is 14.4. The average molecular weight is 343 g/mol. The van der Waals surface area contributed by atoms with Gasteiger partial charge in [-0.1, -0.05) is 30.7 Å². The van der Waals surface area contributed by atoms with Crippen LogP contribution < -0.4 is 10.1 Å². The quantitative estimate of drug-likeness (QED) is 0.840. The number of aryl methyl sites for hydroxylation is 1. The fourth-order valence-corrected chi connectivity index (χ4v) is 2.31. The molecule has 0 aliphatic carbocycles. The Morgan fingerprint density at radius 3 is 2.58 bits per heavy atom. The highest BCUT2D eigenvalue weighted by atomic mass is 35.5. The van der Waals surface area contributed by atoms with Gasteiger partial charge >= 0.3 is 0 Å². The molecule has 1 amide bonds. The summed E-state index contributed by atoms with van der Waals surface area (Å²) in [5.74, 6) is 0.404. The summed E-state index contributed by atoms with van der Waals surface area (Å²) in [6, 6.07) is 14.6. The molecule has 0 aromatic heterocycles. The number of hydrogen-bond acceptors (Lipinski definition) is 3. The molecule has 24 heavy (non-hydrogen) atoms. The van der Waals surface area contributed by atoms with Crippen LogP contribution in [0.3, 0.4) is 0 Å². The summed E-state index contributed by atoms with van der Waals surface area (Å²) in [6.45, 7) is 3.78. The number of carbonyl (C=O) groups excluding carboxylic acids is 1. The molecule has 2 rings (SSSR count). The van der Waals surface area contributed by atoms with Gasteiger partial charge in [-0.2, -0.15) is 5.26 Å². The zero-order chi connectivity index (χ0) is 17.5. The SMILES string of the molecule is CC[C@@H](Oc1ccc(Cl)c(C)c1)C(=O)Nc1ccc(CC#N)cc1. The Morgan fingerprint density at radius 1 is 1.29 bits per heavy atom. The van der Waals surface area contributed by atoms with Gasteiger partial charge in [0.2, 0.25) is 0 Å². The number of benzene rings is 2. The molecular formula is C19H19ClN2O2. The highest BCUT2D eigenvalue weighted by molar-refractivity contribution is 6.31. The lowest BCUT2D eigenvalue weighted by Gasteiger charge is -2.18. The molecule has 124 valence electrons. The van der Waals surface area contributed by atoms with Gasteiger partial charge in [-0.25, -0.2) is 0 Å². The van der Waals surface area contributed by atoms with Crippen LogP contribution in [0.15, 0.2) is 42.5 Å². The van der Waals surface area contributed by atoms with Gasteiger partial charge < -0.3 is 10.1 Å². The van der Waals surface area contributed by atoms with Gasteiger partial charge in [-0.05, 0) is 54.8 Å². The van der Waals surface area contributed by atoms with E-state index in [1.807, 2.05) is 32.0 Å². The summed E-state index contributed by atoms with van der Waals surface area (Å²) in [5, 5.41) is 12.2. The first-order valence-corrected chi connectivity index (χ1v) is 8.11. The van der Waals surface area contributed by atoms with E-state index < -0.39 is 6.10 Å². The predicted octanol–water partition coefficient (Wildman–Crippen LogP) is 4.51. The van der Waals surface area contributed by atoms with Crippen molar-refractivity contribution in [1.82, 2.24) is 0 Å². The second-order valence-electron chi connectivity index (χ2n) is 5.45. The van der Waals surface area contributed by atoms with Crippen molar-refractivity contribution in [3.63, 3.8) is 0 Å². The molecule has 0 radical (unpaired) electrons. The van der Waals surface area contributed by atoms with E-state index in [0.717, 1.165) is 11.1 Å². The Balaban J connectivity index is 2.02. The van der Waals surface area contributed by atoms with Crippen molar-refractivity contribution in [3.05, 3.63) is 58.6 Å². The van der Waals surface area contributed by atoms with E-state index in [0.29, 0.717) is 29.3 Å². The van der Waals surface area contributed by atoms with Crippen molar-refractivity contribution < 1.29 is 9.53 Å². The van der Waals surface area contributed by atoms with Crippen molar-refractivity contribution in [2.45, 2.75) is 32.8 Å². The molecule has 2 aromatic carbocycles. The Hall–Kier alpha value is -2.51. The molecule has 0 unspecified atom stereocenters. The first kappa shape index (κ1) is 17.8. The van der Waals surface area contributed by atoms with Crippen LogP contribution in [-0.2, 0) is 11.2 Å². The fourth-order valence-electron chi connectivity index (χ4n) is 2.20. The highest BCUT2D eigenvalue weighted by Gasteiger charge is 2.18. The van der Waals surface area contributed by atoms with Crippen molar-refractivity contribution in [3.8, 4) is 11.8 Å². The largest absolute Gasteiger partial charge is 0.481 e. The van der Waals surface area contributed by atoms with Gasteiger partial charge in [0.1, 0.15) is 5.75 Å². The third-order valence-electron chi connectivity index (χ3n) is 3.58. The van der Waals surface area contributed by atoms with E-state index in [2.05, 4.69) is 11.4 Å². The molecule has 0 saturated heterocycles. The summed E-state index contributed by atoms with van der Waals surface area (Å²) in [7, 11) is 0. The number of carbonyl (C=O) groups is 1. The number of nitrogens with zero attached hydrogens (tertiary/aromatic N) is 1. The second kappa shape index (κ2) is 8.37. The Labute approximate surface area is 147 Å². The smallest absolute Gasteiger partial charge is 0.265 e. The molecule has 4 nitrogen and oxygen atoms in total. The zero-order valence-electron chi connectivity index (χ0n) is 13.7. The summed E-state index contributed by atoms with van der Waals surface area (Å²) < 4.78 is 5.78. The number of rotatable bonds is 6. The topological polar surface area (TPSA) is 62.1 Å². The minimum atomic E-state index is -0.593. The van der Waals surface area contributed by atoms with E-state index in [-0.39, 0.29) is 5.91 Å². The van der Waals surface area contributed by atoms with Crippen LogP contribution in [0.5, 0.6) is 5.75 Å². The maximum Gasteiger partial charge on any atom is 0.265 e. The van der Waals surface area contributed by atoms with Crippen molar-refractivity contribution in [2.24, 2.45) is 0 Å². The predicted molar refractivity (Wildman–Crippen MR) is 95.3 cm³/mol. The number of hydrogen-bond donors (Lipinski definition) is 1. The number of nitriles is 1. The Kier molecular flexibility index (Phi) is 6.22. The number of nitrogens with one attached hydrogen (secondary N) is 1. The molecule has 1 N–H and O–H groups in total. The van der Waals surface area contributed by atoms with E-state index >= 15 is 0 Å². The lowest BCUT2D eigenvalue weighted by molar-refractivity contribution is -0.122. The summed E-state index contributed by atoms with van der Waals surface area (Å²) in [4.78, 5) is 12.4. The van der Waals surface area contributed by atoms with Gasteiger partial charge in [-0.3, -0.25) is 4.79 Å². The van der Waals surface area contributed by atoms with E-state index in [4.69, 9.17) is 21.6 Å². The molecular weight excluding hydrogens is 324 g/mol. The maximum absolute atomic E-state index is 12.4. The standard InChI is InChI=1S/C19H19ClN2O2/c1-3-18(24-16-8-9-17(20)13(2)12-16)19(23)22-15-6-4-14(5-7-15)10-11-21/h4-9,12,18H,3,10H2,1-2H3,(H,22,23)/t18-/m1/s1. The van der Waals surface area contributed by atoms with Crippen LogP contribution in [0.1, 0.15) is 24.5 Å². The summed E-state index contributed by atoms with van der Waals surface area (Å²) >= 11 is 6.00. The maximum atomic E-state index is 12.4. The lowest BCUT2D eigenvalue weighted by atomic mass is 10.1. The van der Waals surface area contributed by atoms with Crippen molar-refractivity contribution in [1.29, 1.82) is 5.26 Å². The normalized spacial score (nSPS) is 11.4. The Bertz CT molecular complexity index is 751.